The number of aromatic nitrogens is 2. The number of anilines is 1. The van der Waals surface area contributed by atoms with Gasteiger partial charge in [0, 0.05) is 0 Å². The van der Waals surface area contributed by atoms with Gasteiger partial charge >= 0.3 is 15.8 Å². The largest absolute Gasteiger partial charge is 0.384 e. The second-order valence-corrected chi connectivity index (χ2v) is 3.48. The lowest BCUT2D eigenvalue weighted by Gasteiger charge is -1.98. The third kappa shape index (κ3) is 2.18. The summed E-state index contributed by atoms with van der Waals surface area (Å²) in [6.07, 6.45) is 0. The molecule has 1 aromatic heterocycles. The van der Waals surface area contributed by atoms with Gasteiger partial charge in [-0.2, -0.15) is 8.42 Å². The quantitative estimate of drug-likeness (QED) is 0.343. The van der Waals surface area contributed by atoms with Crippen LogP contribution in [-0.4, -0.2) is 22.9 Å². The molecule has 0 aromatic carbocycles. The molecule has 0 atom stereocenters. The minimum Gasteiger partial charge on any atom is -0.384 e. The average molecular weight is 224 g/mol. The van der Waals surface area contributed by atoms with Gasteiger partial charge in [-0.05, 0) is 0 Å². The van der Waals surface area contributed by atoms with E-state index in [0.717, 1.165) is 0 Å². The van der Waals surface area contributed by atoms with E-state index in [1.54, 1.807) is 4.98 Å². The summed E-state index contributed by atoms with van der Waals surface area (Å²) in [6, 6.07) is 0. The summed E-state index contributed by atoms with van der Waals surface area (Å²) in [7, 11) is -4.72. The summed E-state index contributed by atoms with van der Waals surface area (Å²) < 4.78 is 29.5. The van der Waals surface area contributed by atoms with Crippen molar-refractivity contribution in [3.05, 3.63) is 20.8 Å². The highest BCUT2D eigenvalue weighted by Gasteiger charge is 2.19. The van der Waals surface area contributed by atoms with Gasteiger partial charge in [0.25, 0.3) is 5.56 Å². The summed E-state index contributed by atoms with van der Waals surface area (Å²) in [5, 5.41) is 0. The van der Waals surface area contributed by atoms with E-state index in [4.69, 9.17) is 10.3 Å². The third-order valence-corrected chi connectivity index (χ3v) is 2.11. The Morgan fingerprint density at radius 3 is 2.07 bits per heavy atom. The summed E-state index contributed by atoms with van der Waals surface area (Å²) in [5.74, 6) is -0.698. The fourth-order valence-electron chi connectivity index (χ4n) is 0.749. The molecule has 0 bridgehead atoms. The van der Waals surface area contributed by atoms with Crippen molar-refractivity contribution >= 4 is 15.9 Å². The van der Waals surface area contributed by atoms with Gasteiger partial charge < -0.3 is 11.9 Å². The van der Waals surface area contributed by atoms with Gasteiger partial charge in [0.2, 0.25) is 0 Å². The van der Waals surface area contributed by atoms with E-state index < -0.39 is 32.1 Å². The smallest absolute Gasteiger partial charge is 0.327 e. The third-order valence-electron chi connectivity index (χ3n) is 1.18. The lowest BCUT2D eigenvalue weighted by molar-refractivity contribution is 0.481. The van der Waals surface area contributed by atoms with Gasteiger partial charge in [0.05, 0.1) is 0 Å². The molecule has 0 unspecified atom stereocenters. The van der Waals surface area contributed by atoms with Gasteiger partial charge in [-0.1, -0.05) is 0 Å². The summed E-state index contributed by atoms with van der Waals surface area (Å²) in [4.78, 5) is 23.7. The first kappa shape index (κ1) is 12.3. The topological polar surface area (TPSA) is 181 Å². The molecule has 0 saturated carbocycles. The maximum Gasteiger partial charge on any atom is 0.327 e. The number of hydrogen-bond donors (Lipinski definition) is 5. The minimum atomic E-state index is -4.72. The first-order valence-corrected chi connectivity index (χ1v) is 4.36. The second-order valence-electron chi connectivity index (χ2n) is 2.13. The maximum atomic E-state index is 10.8. The SMILES string of the molecule is N.Nc1[nH]c(=O)[nH]c(=O)c1S(=O)(=O)O. The summed E-state index contributed by atoms with van der Waals surface area (Å²) in [5.41, 5.74) is 2.78. The highest BCUT2D eigenvalue weighted by Crippen LogP contribution is 2.05. The zero-order valence-corrected chi connectivity index (χ0v) is 7.59. The van der Waals surface area contributed by atoms with Crippen molar-refractivity contribution in [3.8, 4) is 0 Å². The number of hydrogen-bond acceptors (Lipinski definition) is 6. The molecule has 10 heteroatoms. The van der Waals surface area contributed by atoms with Crippen molar-refractivity contribution in [2.24, 2.45) is 0 Å². The Kier molecular flexibility index (Phi) is 3.19. The van der Waals surface area contributed by atoms with Crippen molar-refractivity contribution in [2.75, 3.05) is 5.73 Å². The Morgan fingerprint density at radius 2 is 1.71 bits per heavy atom. The average Bonchev–Trinajstić information content (AvgIpc) is 1.78. The van der Waals surface area contributed by atoms with Crippen LogP contribution in [0.5, 0.6) is 0 Å². The van der Waals surface area contributed by atoms with Gasteiger partial charge in [-0.25, -0.2) is 4.79 Å². The Labute approximate surface area is 77.3 Å². The Morgan fingerprint density at radius 1 is 1.21 bits per heavy atom. The number of nitrogen functional groups attached to an aromatic ring is 1. The van der Waals surface area contributed by atoms with Crippen LogP contribution in [0.25, 0.3) is 0 Å². The van der Waals surface area contributed by atoms with Crippen LogP contribution < -0.4 is 23.1 Å². The number of nitrogens with one attached hydrogen (secondary N) is 2. The van der Waals surface area contributed by atoms with Crippen LogP contribution >= 0.6 is 0 Å². The molecule has 9 nitrogen and oxygen atoms in total. The predicted octanol–water partition coefficient (Wildman–Crippen LogP) is -1.95. The molecule has 0 aliphatic carbocycles. The Balaban J connectivity index is 0.00000169. The lowest BCUT2D eigenvalue weighted by Crippen LogP contribution is -2.29. The number of aromatic amines is 2. The normalized spacial score (nSPS) is 10.6. The van der Waals surface area contributed by atoms with E-state index in [9.17, 15) is 18.0 Å². The van der Waals surface area contributed by atoms with E-state index in [2.05, 4.69) is 0 Å². The van der Waals surface area contributed by atoms with Crippen LogP contribution in [0.4, 0.5) is 5.82 Å². The van der Waals surface area contributed by atoms with E-state index in [0.29, 0.717) is 0 Å². The van der Waals surface area contributed by atoms with E-state index >= 15 is 0 Å². The lowest BCUT2D eigenvalue weighted by atomic mass is 10.6. The van der Waals surface area contributed by atoms with Crippen molar-refractivity contribution in [1.82, 2.24) is 16.1 Å². The molecular formula is C4H8N4O5S. The summed E-state index contributed by atoms with van der Waals surface area (Å²) >= 11 is 0. The molecule has 8 N–H and O–H groups in total. The molecule has 0 amide bonds. The zero-order chi connectivity index (χ0) is 10.2. The van der Waals surface area contributed by atoms with E-state index in [1.807, 2.05) is 4.98 Å². The van der Waals surface area contributed by atoms with Crippen LogP contribution in [0.3, 0.4) is 0 Å². The monoisotopic (exact) mass is 224 g/mol. The molecule has 80 valence electrons. The van der Waals surface area contributed by atoms with Crippen molar-refractivity contribution < 1.29 is 13.0 Å². The van der Waals surface area contributed by atoms with Crippen LogP contribution in [0.1, 0.15) is 0 Å². The number of rotatable bonds is 1. The molecule has 0 spiro atoms. The standard InChI is InChI=1S/C4H5N3O5S.H3N/c5-2-1(13(10,11)12)3(8)7-4(9)6-2;/h(H,10,11,12)(H4,5,6,7,8,9);1H3. The van der Waals surface area contributed by atoms with Crippen LogP contribution in [0.2, 0.25) is 0 Å². The fraction of sp³-hybridized carbons (Fsp3) is 0. The van der Waals surface area contributed by atoms with Crippen LogP contribution in [0, 0.1) is 0 Å². The fourth-order valence-corrected chi connectivity index (χ4v) is 1.36. The zero-order valence-electron chi connectivity index (χ0n) is 6.77. The molecule has 0 radical (unpaired) electrons. The predicted molar refractivity (Wildman–Crippen MR) is 46.9 cm³/mol. The molecule has 1 heterocycles. The molecule has 0 saturated heterocycles. The highest BCUT2D eigenvalue weighted by atomic mass is 32.2. The second kappa shape index (κ2) is 3.61. The highest BCUT2D eigenvalue weighted by molar-refractivity contribution is 7.86. The molecule has 14 heavy (non-hydrogen) atoms. The molecular weight excluding hydrogens is 216 g/mol. The molecule has 1 rings (SSSR count). The first-order valence-electron chi connectivity index (χ1n) is 2.92. The van der Waals surface area contributed by atoms with Crippen molar-refractivity contribution in [1.29, 1.82) is 0 Å². The Bertz CT molecular complexity index is 540. The first-order chi connectivity index (χ1) is 5.82. The molecule has 0 fully saturated rings. The van der Waals surface area contributed by atoms with Gasteiger partial charge in [-0.15, -0.1) is 0 Å². The van der Waals surface area contributed by atoms with Gasteiger partial charge in [-0.3, -0.25) is 19.3 Å². The number of H-pyrrole nitrogens is 2. The Hall–Kier alpha value is -1.65. The molecule has 0 aliphatic rings. The van der Waals surface area contributed by atoms with Gasteiger partial charge in [0.1, 0.15) is 5.82 Å². The van der Waals surface area contributed by atoms with Gasteiger partial charge in [0.15, 0.2) is 4.90 Å². The maximum absolute atomic E-state index is 10.8. The van der Waals surface area contributed by atoms with E-state index in [1.165, 1.54) is 0 Å². The summed E-state index contributed by atoms with van der Waals surface area (Å²) in [6.45, 7) is 0. The van der Waals surface area contributed by atoms with Crippen LogP contribution in [-0.2, 0) is 10.1 Å². The minimum absolute atomic E-state index is 0. The molecule has 0 aliphatic heterocycles. The van der Waals surface area contributed by atoms with E-state index in [-0.39, 0.29) is 6.15 Å². The van der Waals surface area contributed by atoms with Crippen molar-refractivity contribution in [2.45, 2.75) is 4.90 Å². The van der Waals surface area contributed by atoms with Crippen molar-refractivity contribution in [3.63, 3.8) is 0 Å². The van der Waals surface area contributed by atoms with Crippen LogP contribution in [0.15, 0.2) is 14.5 Å². The number of nitrogens with two attached hydrogens (primary N) is 1. The molecule has 1 aromatic rings.